The maximum Gasteiger partial charge on any atom is 0.106 e. The van der Waals surface area contributed by atoms with Crippen molar-refractivity contribution < 1.29 is 5.11 Å². The molecule has 4 heteroatoms. The molecule has 0 aliphatic rings. The van der Waals surface area contributed by atoms with Gasteiger partial charge < -0.3 is 15.0 Å². The average Bonchev–Trinajstić information content (AvgIpc) is 2.64. The molecule has 0 bridgehead atoms. The topological polar surface area (TPSA) is 50.1 Å². The third-order valence-corrected chi connectivity index (χ3v) is 3.40. The van der Waals surface area contributed by atoms with Gasteiger partial charge in [-0.2, -0.15) is 0 Å². The molecule has 19 heavy (non-hydrogen) atoms. The summed E-state index contributed by atoms with van der Waals surface area (Å²) in [4.78, 5) is 4.50. The number of aliphatic hydroxyl groups excluding tert-OH is 1. The quantitative estimate of drug-likeness (QED) is 0.867. The van der Waals surface area contributed by atoms with Crippen molar-refractivity contribution in [3.8, 4) is 0 Å². The number of nitrogens with one attached hydrogen (secondary N) is 1. The smallest absolute Gasteiger partial charge is 0.106 e. The summed E-state index contributed by atoms with van der Waals surface area (Å²) in [6, 6.07) is 5.98. The van der Waals surface area contributed by atoms with Crippen molar-refractivity contribution >= 4 is 11.0 Å². The molecule has 1 atom stereocenters. The molecular weight excluding hydrogens is 238 g/mol. The van der Waals surface area contributed by atoms with Crippen LogP contribution in [0.5, 0.6) is 0 Å². The van der Waals surface area contributed by atoms with Crippen LogP contribution in [0.25, 0.3) is 11.0 Å². The highest BCUT2D eigenvalue weighted by Crippen LogP contribution is 2.20. The molecule has 0 saturated heterocycles. The minimum atomic E-state index is -0.481. The van der Waals surface area contributed by atoms with Crippen molar-refractivity contribution in [3.05, 3.63) is 29.6 Å². The summed E-state index contributed by atoms with van der Waals surface area (Å²) in [5.41, 5.74) is 2.96. The van der Waals surface area contributed by atoms with E-state index in [4.69, 9.17) is 0 Å². The van der Waals surface area contributed by atoms with Gasteiger partial charge in [-0.15, -0.1) is 0 Å². The minimum absolute atomic E-state index is 0.481. The first-order valence-corrected chi connectivity index (χ1v) is 6.80. The number of aliphatic hydroxyl groups is 1. The van der Waals surface area contributed by atoms with Crippen LogP contribution in [0, 0.1) is 12.8 Å². The zero-order valence-corrected chi connectivity index (χ0v) is 12.1. The molecule has 2 rings (SSSR count). The van der Waals surface area contributed by atoms with E-state index in [9.17, 15) is 5.11 Å². The Kier molecular flexibility index (Phi) is 4.22. The van der Waals surface area contributed by atoms with Crippen molar-refractivity contribution in [2.45, 2.75) is 26.9 Å². The number of nitrogens with zero attached hydrogens (tertiary/aromatic N) is 2. The summed E-state index contributed by atoms with van der Waals surface area (Å²) in [6.07, 6.45) is -0.481. The fraction of sp³-hybridized carbons (Fsp3) is 0.533. The first kappa shape index (κ1) is 14.0. The highest BCUT2D eigenvalue weighted by atomic mass is 16.3. The molecule has 0 saturated carbocycles. The molecule has 0 aliphatic heterocycles. The Morgan fingerprint density at radius 1 is 1.32 bits per heavy atom. The number of imidazole rings is 1. The van der Waals surface area contributed by atoms with Crippen LogP contribution in [0.2, 0.25) is 0 Å². The van der Waals surface area contributed by atoms with E-state index in [2.05, 4.69) is 28.7 Å². The van der Waals surface area contributed by atoms with Gasteiger partial charge in [0.2, 0.25) is 0 Å². The Bertz CT molecular complexity index is 560. The lowest BCUT2D eigenvalue weighted by Gasteiger charge is -2.13. The van der Waals surface area contributed by atoms with Gasteiger partial charge in [-0.05, 0) is 37.1 Å². The number of hydrogen-bond donors (Lipinski definition) is 2. The molecule has 0 spiro atoms. The van der Waals surface area contributed by atoms with Gasteiger partial charge in [-0.25, -0.2) is 4.98 Å². The molecule has 4 nitrogen and oxygen atoms in total. The molecular formula is C15H23N3O. The van der Waals surface area contributed by atoms with Crippen molar-refractivity contribution in [1.82, 2.24) is 14.9 Å². The van der Waals surface area contributed by atoms with Crippen molar-refractivity contribution in [3.63, 3.8) is 0 Å². The second kappa shape index (κ2) is 5.72. The number of rotatable bonds is 5. The van der Waals surface area contributed by atoms with E-state index in [1.807, 2.05) is 32.2 Å². The second-order valence-corrected chi connectivity index (χ2v) is 5.53. The van der Waals surface area contributed by atoms with Crippen molar-refractivity contribution in [1.29, 1.82) is 0 Å². The van der Waals surface area contributed by atoms with E-state index >= 15 is 0 Å². The van der Waals surface area contributed by atoms with Gasteiger partial charge in [0.1, 0.15) is 5.82 Å². The maximum absolute atomic E-state index is 10.2. The minimum Gasteiger partial charge on any atom is -0.387 e. The van der Waals surface area contributed by atoms with Gasteiger partial charge in [-0.3, -0.25) is 0 Å². The predicted molar refractivity (Wildman–Crippen MR) is 78.1 cm³/mol. The first-order valence-electron chi connectivity index (χ1n) is 6.80. The second-order valence-electron chi connectivity index (χ2n) is 5.53. The number of fused-ring (bicyclic) bond motifs is 1. The summed E-state index contributed by atoms with van der Waals surface area (Å²) in [6.45, 7) is 7.79. The predicted octanol–water partition coefficient (Wildman–Crippen LogP) is 2.16. The zero-order valence-electron chi connectivity index (χ0n) is 12.1. The summed E-state index contributed by atoms with van der Waals surface area (Å²) in [5, 5.41) is 13.4. The van der Waals surface area contributed by atoms with Gasteiger partial charge >= 0.3 is 0 Å². The molecule has 104 valence electrons. The van der Waals surface area contributed by atoms with Crippen LogP contribution < -0.4 is 5.32 Å². The number of hydrogen-bond acceptors (Lipinski definition) is 3. The lowest BCUT2D eigenvalue weighted by Crippen LogP contribution is -2.25. The van der Waals surface area contributed by atoms with Crippen LogP contribution in [-0.4, -0.2) is 27.7 Å². The molecule has 1 aromatic heterocycles. The molecule has 1 aromatic carbocycles. The maximum atomic E-state index is 10.2. The van der Waals surface area contributed by atoms with Crippen LogP contribution in [0.15, 0.2) is 18.2 Å². The third-order valence-electron chi connectivity index (χ3n) is 3.40. The van der Waals surface area contributed by atoms with E-state index < -0.39 is 6.10 Å². The molecule has 0 aliphatic carbocycles. The molecule has 0 radical (unpaired) electrons. The lowest BCUT2D eigenvalue weighted by molar-refractivity contribution is 0.173. The normalized spacial score (nSPS) is 13.4. The molecule has 1 heterocycles. The molecule has 2 aromatic rings. The summed E-state index contributed by atoms with van der Waals surface area (Å²) >= 11 is 0. The van der Waals surface area contributed by atoms with Crippen LogP contribution in [0.4, 0.5) is 0 Å². The number of benzene rings is 1. The lowest BCUT2D eigenvalue weighted by atomic mass is 10.1. The van der Waals surface area contributed by atoms with Crippen LogP contribution in [0.1, 0.15) is 31.3 Å². The molecule has 0 amide bonds. The van der Waals surface area contributed by atoms with Gasteiger partial charge in [0.05, 0.1) is 17.1 Å². The Balaban J connectivity index is 2.12. The SMILES string of the molecule is Cc1nc2cc(C(O)CNCC(C)C)ccc2n1C. The van der Waals surface area contributed by atoms with Gasteiger partial charge in [0.25, 0.3) is 0 Å². The Hall–Kier alpha value is -1.39. The Morgan fingerprint density at radius 3 is 2.74 bits per heavy atom. The average molecular weight is 261 g/mol. The van der Waals surface area contributed by atoms with Gasteiger partial charge in [-0.1, -0.05) is 19.9 Å². The molecule has 1 unspecified atom stereocenters. The fourth-order valence-corrected chi connectivity index (χ4v) is 2.17. The van der Waals surface area contributed by atoms with E-state index in [-0.39, 0.29) is 0 Å². The summed E-state index contributed by atoms with van der Waals surface area (Å²) in [5.74, 6) is 1.58. The van der Waals surface area contributed by atoms with E-state index in [1.165, 1.54) is 0 Å². The van der Waals surface area contributed by atoms with Gasteiger partial charge in [0, 0.05) is 13.6 Å². The van der Waals surface area contributed by atoms with Crippen LogP contribution >= 0.6 is 0 Å². The van der Waals surface area contributed by atoms with E-state index in [0.29, 0.717) is 12.5 Å². The Labute approximate surface area is 114 Å². The van der Waals surface area contributed by atoms with E-state index in [1.54, 1.807) is 0 Å². The highest BCUT2D eigenvalue weighted by Gasteiger charge is 2.10. The molecule has 2 N–H and O–H groups in total. The first-order chi connectivity index (χ1) is 8.99. The molecule has 0 fully saturated rings. The third kappa shape index (κ3) is 3.14. The summed E-state index contributed by atoms with van der Waals surface area (Å²) in [7, 11) is 2.00. The van der Waals surface area contributed by atoms with Crippen LogP contribution in [-0.2, 0) is 7.05 Å². The van der Waals surface area contributed by atoms with Gasteiger partial charge in [0.15, 0.2) is 0 Å². The summed E-state index contributed by atoms with van der Waals surface area (Å²) < 4.78 is 2.06. The van der Waals surface area contributed by atoms with Crippen molar-refractivity contribution in [2.24, 2.45) is 13.0 Å². The monoisotopic (exact) mass is 261 g/mol. The number of aryl methyl sites for hydroxylation is 2. The highest BCUT2D eigenvalue weighted by molar-refractivity contribution is 5.76. The zero-order chi connectivity index (χ0) is 14.0. The largest absolute Gasteiger partial charge is 0.387 e. The van der Waals surface area contributed by atoms with Crippen LogP contribution in [0.3, 0.4) is 0 Å². The number of aromatic nitrogens is 2. The Morgan fingerprint density at radius 2 is 2.05 bits per heavy atom. The van der Waals surface area contributed by atoms with Crippen molar-refractivity contribution in [2.75, 3.05) is 13.1 Å². The van der Waals surface area contributed by atoms with E-state index in [0.717, 1.165) is 29.0 Å². The standard InChI is InChI=1S/C15H23N3O/c1-10(2)8-16-9-15(19)12-5-6-14-13(7-12)17-11(3)18(14)4/h5-7,10,15-16,19H,8-9H2,1-4H3. The fourth-order valence-electron chi connectivity index (χ4n) is 2.17.